The number of anilines is 1. The molecule has 3 aromatic rings. The Balaban J connectivity index is 1.94. The third-order valence-electron chi connectivity index (χ3n) is 3.47. The molecule has 0 fully saturated rings. The number of rotatable bonds is 3. The van der Waals surface area contributed by atoms with Gasteiger partial charge in [-0.3, -0.25) is 9.48 Å². The topological polar surface area (TPSA) is 64.7 Å². The molecular formula is C16H17N5O. The zero-order chi connectivity index (χ0) is 15.7. The second-order valence-corrected chi connectivity index (χ2v) is 5.12. The normalized spacial score (nSPS) is 10.7. The van der Waals surface area contributed by atoms with Crippen molar-refractivity contribution in [2.75, 3.05) is 5.32 Å². The molecule has 0 saturated carbocycles. The molecule has 1 aromatic carbocycles. The van der Waals surface area contributed by atoms with Crippen molar-refractivity contribution in [3.8, 4) is 5.69 Å². The summed E-state index contributed by atoms with van der Waals surface area (Å²) < 4.78 is 3.42. The number of aromatic nitrogens is 4. The first-order chi connectivity index (χ1) is 10.6. The standard InChI is InChI=1S/C16H17N5O/c1-11-15(16(22)17-14-9-10-20(3)19-14)12(2)21(18-11)13-7-5-4-6-8-13/h4-10H,1-3H3,(H,17,19,22). The monoisotopic (exact) mass is 295 g/mol. The number of amides is 1. The van der Waals surface area contributed by atoms with E-state index in [9.17, 15) is 4.79 Å². The summed E-state index contributed by atoms with van der Waals surface area (Å²) in [5, 5.41) is 11.4. The molecular weight excluding hydrogens is 278 g/mol. The van der Waals surface area contributed by atoms with Gasteiger partial charge in [-0.2, -0.15) is 10.2 Å². The highest BCUT2D eigenvalue weighted by atomic mass is 16.1. The number of hydrogen-bond acceptors (Lipinski definition) is 3. The molecule has 0 unspecified atom stereocenters. The van der Waals surface area contributed by atoms with E-state index in [4.69, 9.17) is 0 Å². The molecule has 0 bridgehead atoms. The average molecular weight is 295 g/mol. The number of nitrogens with one attached hydrogen (secondary N) is 1. The quantitative estimate of drug-likeness (QED) is 0.807. The molecule has 1 N–H and O–H groups in total. The Labute approximate surface area is 128 Å². The van der Waals surface area contributed by atoms with E-state index in [-0.39, 0.29) is 5.91 Å². The summed E-state index contributed by atoms with van der Waals surface area (Å²) in [5.41, 5.74) is 3.00. The van der Waals surface area contributed by atoms with Crippen molar-refractivity contribution in [2.24, 2.45) is 7.05 Å². The fourth-order valence-corrected chi connectivity index (χ4v) is 2.45. The number of para-hydroxylation sites is 1. The van der Waals surface area contributed by atoms with Crippen molar-refractivity contribution >= 4 is 11.7 Å². The molecule has 112 valence electrons. The second kappa shape index (κ2) is 5.48. The first kappa shape index (κ1) is 14.1. The van der Waals surface area contributed by atoms with Gasteiger partial charge in [0.05, 0.1) is 22.6 Å². The largest absolute Gasteiger partial charge is 0.305 e. The maximum Gasteiger partial charge on any atom is 0.260 e. The summed E-state index contributed by atoms with van der Waals surface area (Å²) in [6.07, 6.45) is 1.78. The van der Waals surface area contributed by atoms with E-state index in [1.807, 2.05) is 44.2 Å². The smallest absolute Gasteiger partial charge is 0.260 e. The van der Waals surface area contributed by atoms with Crippen molar-refractivity contribution in [3.63, 3.8) is 0 Å². The molecule has 2 heterocycles. The van der Waals surface area contributed by atoms with Crippen molar-refractivity contribution in [1.29, 1.82) is 0 Å². The number of carbonyl (C=O) groups is 1. The van der Waals surface area contributed by atoms with Gasteiger partial charge in [-0.1, -0.05) is 18.2 Å². The predicted octanol–water partition coefficient (Wildman–Crippen LogP) is 2.47. The molecule has 22 heavy (non-hydrogen) atoms. The lowest BCUT2D eigenvalue weighted by Crippen LogP contribution is -2.14. The molecule has 1 amide bonds. The first-order valence-corrected chi connectivity index (χ1v) is 6.99. The average Bonchev–Trinajstić information content (AvgIpc) is 3.03. The van der Waals surface area contributed by atoms with Crippen LogP contribution in [0, 0.1) is 13.8 Å². The molecule has 3 rings (SSSR count). The van der Waals surface area contributed by atoms with Gasteiger partial charge < -0.3 is 5.32 Å². The minimum absolute atomic E-state index is 0.198. The summed E-state index contributed by atoms with van der Waals surface area (Å²) >= 11 is 0. The van der Waals surface area contributed by atoms with Crippen LogP contribution in [0.1, 0.15) is 21.7 Å². The Morgan fingerprint density at radius 3 is 2.45 bits per heavy atom. The van der Waals surface area contributed by atoms with Gasteiger partial charge in [-0.05, 0) is 26.0 Å². The van der Waals surface area contributed by atoms with Gasteiger partial charge in [0.2, 0.25) is 0 Å². The highest BCUT2D eigenvalue weighted by molar-refractivity contribution is 6.05. The van der Waals surface area contributed by atoms with E-state index in [0.717, 1.165) is 11.4 Å². The van der Waals surface area contributed by atoms with E-state index in [2.05, 4.69) is 15.5 Å². The molecule has 0 radical (unpaired) electrons. The molecule has 0 aliphatic rings. The molecule has 0 atom stereocenters. The third kappa shape index (κ3) is 2.50. The van der Waals surface area contributed by atoms with Gasteiger partial charge in [-0.15, -0.1) is 0 Å². The van der Waals surface area contributed by atoms with Crippen molar-refractivity contribution < 1.29 is 4.79 Å². The van der Waals surface area contributed by atoms with E-state index in [0.29, 0.717) is 17.1 Å². The lowest BCUT2D eigenvalue weighted by Gasteiger charge is -2.05. The van der Waals surface area contributed by atoms with Crippen LogP contribution in [0.5, 0.6) is 0 Å². The van der Waals surface area contributed by atoms with Gasteiger partial charge in [0, 0.05) is 19.3 Å². The molecule has 0 spiro atoms. The lowest BCUT2D eigenvalue weighted by atomic mass is 10.2. The van der Waals surface area contributed by atoms with Gasteiger partial charge in [0.1, 0.15) is 0 Å². The zero-order valence-electron chi connectivity index (χ0n) is 12.7. The van der Waals surface area contributed by atoms with Gasteiger partial charge in [-0.25, -0.2) is 4.68 Å². The molecule has 6 nitrogen and oxygen atoms in total. The van der Waals surface area contributed by atoms with E-state index >= 15 is 0 Å². The summed E-state index contributed by atoms with van der Waals surface area (Å²) in [6.45, 7) is 3.72. The van der Waals surface area contributed by atoms with Crippen LogP contribution in [0.25, 0.3) is 5.69 Å². The summed E-state index contributed by atoms with van der Waals surface area (Å²) in [4.78, 5) is 12.5. The number of carbonyl (C=O) groups excluding carboxylic acids is 1. The second-order valence-electron chi connectivity index (χ2n) is 5.12. The summed E-state index contributed by atoms with van der Waals surface area (Å²) in [6, 6.07) is 11.5. The van der Waals surface area contributed by atoms with E-state index in [1.165, 1.54) is 0 Å². The van der Waals surface area contributed by atoms with Crippen LogP contribution in [-0.2, 0) is 7.05 Å². The number of nitrogens with zero attached hydrogens (tertiary/aromatic N) is 4. The van der Waals surface area contributed by atoms with E-state index < -0.39 is 0 Å². The maximum atomic E-state index is 12.5. The number of hydrogen-bond donors (Lipinski definition) is 1. The highest BCUT2D eigenvalue weighted by Gasteiger charge is 2.20. The minimum Gasteiger partial charge on any atom is -0.305 e. The van der Waals surface area contributed by atoms with Crippen LogP contribution in [0.4, 0.5) is 5.82 Å². The van der Waals surface area contributed by atoms with Crippen LogP contribution < -0.4 is 5.32 Å². The van der Waals surface area contributed by atoms with Crippen molar-refractivity contribution in [1.82, 2.24) is 19.6 Å². The Kier molecular flexibility index (Phi) is 3.50. The molecule has 0 saturated heterocycles. The van der Waals surface area contributed by atoms with Crippen LogP contribution in [0.15, 0.2) is 42.6 Å². The molecule has 6 heteroatoms. The molecule has 0 aliphatic carbocycles. The number of benzene rings is 1. The van der Waals surface area contributed by atoms with Gasteiger partial charge in [0.15, 0.2) is 5.82 Å². The predicted molar refractivity (Wildman–Crippen MR) is 84.2 cm³/mol. The van der Waals surface area contributed by atoms with Crippen molar-refractivity contribution in [3.05, 3.63) is 59.5 Å². The SMILES string of the molecule is Cc1nn(-c2ccccc2)c(C)c1C(=O)Nc1ccn(C)n1. The summed E-state index contributed by atoms with van der Waals surface area (Å²) in [5.74, 6) is 0.328. The Morgan fingerprint density at radius 2 is 1.82 bits per heavy atom. The minimum atomic E-state index is -0.198. The van der Waals surface area contributed by atoms with E-state index in [1.54, 1.807) is 28.7 Å². The first-order valence-electron chi connectivity index (χ1n) is 6.99. The highest BCUT2D eigenvalue weighted by Crippen LogP contribution is 2.19. The van der Waals surface area contributed by atoms with Gasteiger partial charge >= 0.3 is 0 Å². The van der Waals surface area contributed by atoms with Crippen LogP contribution >= 0.6 is 0 Å². The molecule has 0 aliphatic heterocycles. The van der Waals surface area contributed by atoms with Gasteiger partial charge in [0.25, 0.3) is 5.91 Å². The Bertz CT molecular complexity index is 816. The molecule has 2 aromatic heterocycles. The fraction of sp³-hybridized carbons (Fsp3) is 0.188. The Morgan fingerprint density at radius 1 is 1.09 bits per heavy atom. The van der Waals surface area contributed by atoms with Crippen molar-refractivity contribution in [2.45, 2.75) is 13.8 Å². The lowest BCUT2D eigenvalue weighted by molar-refractivity contribution is 0.102. The van der Waals surface area contributed by atoms with Crippen LogP contribution in [-0.4, -0.2) is 25.5 Å². The zero-order valence-corrected chi connectivity index (χ0v) is 12.7. The third-order valence-corrected chi connectivity index (χ3v) is 3.47. The number of aryl methyl sites for hydroxylation is 2. The summed E-state index contributed by atoms with van der Waals surface area (Å²) in [7, 11) is 1.81. The van der Waals surface area contributed by atoms with Crippen LogP contribution in [0.3, 0.4) is 0 Å². The van der Waals surface area contributed by atoms with Crippen LogP contribution in [0.2, 0.25) is 0 Å². The Hall–Kier alpha value is -2.89. The maximum absolute atomic E-state index is 12.5. The fourth-order valence-electron chi connectivity index (χ4n) is 2.45.